The van der Waals surface area contributed by atoms with Crippen LogP contribution in [0.1, 0.15) is 91.9 Å². The van der Waals surface area contributed by atoms with Crippen molar-refractivity contribution in [2.75, 3.05) is 0 Å². The first-order chi connectivity index (χ1) is 30.6. The molecule has 3 aliphatic rings. The summed E-state index contributed by atoms with van der Waals surface area (Å²) in [5, 5.41) is 118. The van der Waals surface area contributed by atoms with Gasteiger partial charge in [-0.25, -0.2) is 0 Å². The van der Waals surface area contributed by atoms with E-state index in [1.165, 1.54) is 13.0 Å². The lowest BCUT2D eigenvalue weighted by atomic mass is 9.82. The van der Waals surface area contributed by atoms with Crippen molar-refractivity contribution >= 4 is 11.9 Å². The van der Waals surface area contributed by atoms with Crippen molar-refractivity contribution in [1.29, 1.82) is 0 Å². The van der Waals surface area contributed by atoms with Gasteiger partial charge >= 0.3 is 11.9 Å². The maximum atomic E-state index is 12.6. The van der Waals surface area contributed by atoms with Gasteiger partial charge in [0.25, 0.3) is 0 Å². The van der Waals surface area contributed by atoms with E-state index in [1.807, 2.05) is 49.5 Å². The molecule has 0 radical (unpaired) electrons. The number of hydrogen-bond donors (Lipinski definition) is 12. The number of carboxylic acids is 1. The Labute approximate surface area is 381 Å². The lowest BCUT2D eigenvalue weighted by Crippen LogP contribution is -2.61. The Hall–Kier alpha value is -3.18. The van der Waals surface area contributed by atoms with E-state index in [-0.39, 0.29) is 38.0 Å². The molecule has 0 spiro atoms. The van der Waals surface area contributed by atoms with Crippen LogP contribution in [0.3, 0.4) is 0 Å². The van der Waals surface area contributed by atoms with Gasteiger partial charge in [0.2, 0.25) is 0 Å². The van der Waals surface area contributed by atoms with Crippen molar-refractivity contribution in [1.82, 2.24) is 0 Å². The second-order valence-corrected chi connectivity index (χ2v) is 17.8. The van der Waals surface area contributed by atoms with Gasteiger partial charge in [0, 0.05) is 31.1 Å². The third-order valence-corrected chi connectivity index (χ3v) is 12.2. The van der Waals surface area contributed by atoms with Crippen LogP contribution in [0.4, 0.5) is 0 Å². The number of carbonyl (C=O) groups is 2. The first-order valence-corrected chi connectivity index (χ1v) is 22.6. The summed E-state index contributed by atoms with van der Waals surface area (Å²) >= 11 is 0. The number of rotatable bonds is 3. The lowest BCUT2D eigenvalue weighted by Gasteiger charge is -2.45. The fraction of sp³-hybridized carbons (Fsp3) is 0.702. The number of ether oxygens (including phenoxy) is 4. The average molecular weight is 926 g/mol. The molecular weight excluding hydrogens is 851 g/mol. The number of hydrogen-bond acceptors (Lipinski definition) is 17. The molecule has 0 unspecified atom stereocenters. The third kappa shape index (κ3) is 18.8. The summed E-state index contributed by atoms with van der Waals surface area (Å²) in [6, 6.07) is -1.14. The predicted molar refractivity (Wildman–Crippen MR) is 237 cm³/mol. The van der Waals surface area contributed by atoms with E-state index < -0.39 is 141 Å². The summed E-state index contributed by atoms with van der Waals surface area (Å²) in [6.45, 7) is 6.78. The van der Waals surface area contributed by atoms with E-state index in [0.29, 0.717) is 0 Å². The number of allylic oxidation sites excluding steroid dienone is 10. The summed E-state index contributed by atoms with van der Waals surface area (Å²) < 4.78 is 23.2. The fourth-order valence-corrected chi connectivity index (χ4v) is 8.11. The van der Waals surface area contributed by atoms with Crippen molar-refractivity contribution in [3.8, 4) is 0 Å². The van der Waals surface area contributed by atoms with Crippen LogP contribution in [0.15, 0.2) is 72.9 Å². The molecule has 0 aliphatic carbocycles. The van der Waals surface area contributed by atoms with E-state index in [4.69, 9.17) is 24.7 Å². The van der Waals surface area contributed by atoms with Crippen LogP contribution in [0.2, 0.25) is 0 Å². The Balaban J connectivity index is 1.84. The quantitative estimate of drug-likeness (QED) is 0.175. The number of aliphatic hydroxyl groups excluding tert-OH is 9. The highest BCUT2D eigenvalue weighted by atomic mass is 16.7. The van der Waals surface area contributed by atoms with Gasteiger partial charge in [-0.15, -0.1) is 0 Å². The van der Waals surface area contributed by atoms with E-state index in [0.717, 1.165) is 12.8 Å². The number of carbonyl (C=O) groups excluding carboxylic acids is 1. The SMILES string of the molecule is C[C@H]1[C@H](O)[C@@H](C)/C=C/C=C\CC/C=C/C=C/C=C/C=C/[C@H](O[C@@H]2O[C@H](C)[C@@H](O)[C@H](N)[C@@H]2O)C[C@@H]2O[C@](O)(C[C@@H](O)[C@H](O)CC[C@@H](O)C[C@@H](O)C[C@@H](O)CC(=O)O[C@H]1C)C[C@H](O)[C@H]2C(=O)O. The van der Waals surface area contributed by atoms with Crippen molar-refractivity contribution in [2.24, 2.45) is 23.5 Å². The molecule has 0 saturated carbocycles. The molecule has 3 aliphatic heterocycles. The maximum Gasteiger partial charge on any atom is 0.311 e. The number of carboxylic acid groups (broad SMARTS) is 1. The highest BCUT2D eigenvalue weighted by molar-refractivity contribution is 5.71. The van der Waals surface area contributed by atoms with Crippen LogP contribution in [0.25, 0.3) is 0 Å². The first kappa shape index (κ1) is 56.1. The molecule has 3 rings (SSSR count). The molecule has 2 bridgehead atoms. The van der Waals surface area contributed by atoms with Gasteiger partial charge in [0.05, 0.1) is 79.6 Å². The molecule has 2 saturated heterocycles. The second-order valence-electron chi connectivity index (χ2n) is 17.8. The Morgan fingerprint density at radius 3 is 1.94 bits per heavy atom. The average Bonchev–Trinajstić information content (AvgIpc) is 3.21. The zero-order chi connectivity index (χ0) is 48.4. The highest BCUT2D eigenvalue weighted by Crippen LogP contribution is 2.38. The highest BCUT2D eigenvalue weighted by Gasteiger charge is 2.51. The van der Waals surface area contributed by atoms with Crippen LogP contribution in [0, 0.1) is 17.8 Å². The zero-order valence-corrected chi connectivity index (χ0v) is 37.8. The third-order valence-electron chi connectivity index (χ3n) is 12.2. The van der Waals surface area contributed by atoms with Gasteiger partial charge in [0.1, 0.15) is 18.1 Å². The molecule has 65 heavy (non-hydrogen) atoms. The van der Waals surface area contributed by atoms with Crippen LogP contribution >= 0.6 is 0 Å². The summed E-state index contributed by atoms with van der Waals surface area (Å²) in [7, 11) is 0. The number of fused-ring (bicyclic) bond motifs is 2. The minimum Gasteiger partial charge on any atom is -0.481 e. The van der Waals surface area contributed by atoms with Gasteiger partial charge in [0.15, 0.2) is 12.1 Å². The van der Waals surface area contributed by atoms with Crippen molar-refractivity contribution in [3.63, 3.8) is 0 Å². The zero-order valence-electron chi connectivity index (χ0n) is 37.8. The van der Waals surface area contributed by atoms with Gasteiger partial charge in [-0.2, -0.15) is 0 Å². The predicted octanol–water partition coefficient (Wildman–Crippen LogP) is 0.936. The van der Waals surface area contributed by atoms with Crippen molar-refractivity contribution < 1.29 is 84.7 Å². The Kier molecular flexibility index (Phi) is 23.8. The summed E-state index contributed by atoms with van der Waals surface area (Å²) in [5.74, 6) is -6.82. The van der Waals surface area contributed by atoms with Gasteiger partial charge in [-0.3, -0.25) is 9.59 Å². The van der Waals surface area contributed by atoms with Crippen LogP contribution < -0.4 is 5.73 Å². The fourth-order valence-electron chi connectivity index (χ4n) is 8.11. The molecular formula is C47H75NO17. The Morgan fingerprint density at radius 1 is 0.692 bits per heavy atom. The smallest absolute Gasteiger partial charge is 0.311 e. The topological polar surface area (TPSA) is 320 Å². The first-order valence-electron chi connectivity index (χ1n) is 22.6. The standard InChI is InChI=1S/C47H75NO17/c1-27-17-15-13-11-9-7-5-6-8-10-12-14-16-18-34(64-46-44(58)41(48)43(57)30(4)63-46)24-38-40(45(59)60)37(54)26-47(61,65-38)25-36(53)35(52)20-19-31(49)21-32(50)22-33(51)23-39(55)62-29(3)28(2)42(27)56/h5-6,8,10-18,27-38,40-44,46,49-54,56-58,61H,7,9,19-26,48H2,1-4H3,(H,59,60)/b6-5+,10-8+,13-11-,14-12+,17-15+,18-16+/t27-,28+,29-,30+,31+,32+,33+,34-,35+,36+,37-,38-,40+,41-,42+,43+,44-,46-,47+/m0/s1. The van der Waals surface area contributed by atoms with Crippen LogP contribution in [-0.4, -0.2) is 166 Å². The number of aliphatic carboxylic acids is 1. The second kappa shape index (κ2) is 27.6. The molecule has 19 atom stereocenters. The largest absolute Gasteiger partial charge is 0.481 e. The van der Waals surface area contributed by atoms with Gasteiger partial charge in [-0.05, 0) is 52.4 Å². The minimum atomic E-state index is -2.35. The van der Waals surface area contributed by atoms with E-state index in [1.54, 1.807) is 38.2 Å². The van der Waals surface area contributed by atoms with Gasteiger partial charge < -0.3 is 80.9 Å². The lowest BCUT2D eigenvalue weighted by molar-refractivity contribution is -0.310. The van der Waals surface area contributed by atoms with Crippen LogP contribution in [-0.2, 0) is 28.5 Å². The molecule has 13 N–H and O–H groups in total. The van der Waals surface area contributed by atoms with Gasteiger partial charge in [-0.1, -0.05) is 86.8 Å². The summed E-state index contributed by atoms with van der Waals surface area (Å²) in [5.41, 5.74) is 6.02. The normalized spacial score (nSPS) is 45.2. The number of cyclic esters (lactones) is 1. The molecule has 0 aromatic rings. The summed E-state index contributed by atoms with van der Waals surface area (Å²) in [6.07, 6.45) is 2.28. The molecule has 0 aromatic heterocycles. The maximum absolute atomic E-state index is 12.6. The van der Waals surface area contributed by atoms with E-state index in [9.17, 15) is 65.8 Å². The molecule has 0 aromatic carbocycles. The monoisotopic (exact) mass is 926 g/mol. The molecule has 370 valence electrons. The van der Waals surface area contributed by atoms with Crippen LogP contribution in [0.5, 0.6) is 0 Å². The number of nitrogens with two attached hydrogens (primary N) is 1. The van der Waals surface area contributed by atoms with Crippen molar-refractivity contribution in [3.05, 3.63) is 72.9 Å². The molecule has 18 nitrogen and oxygen atoms in total. The van der Waals surface area contributed by atoms with E-state index in [2.05, 4.69) is 0 Å². The Morgan fingerprint density at radius 2 is 1.28 bits per heavy atom. The van der Waals surface area contributed by atoms with Crippen molar-refractivity contribution in [2.45, 2.75) is 189 Å². The number of aliphatic hydroxyl groups is 10. The Bertz CT molecular complexity index is 1620. The van der Waals surface area contributed by atoms with E-state index >= 15 is 0 Å². The molecule has 0 amide bonds. The molecule has 2 fully saturated rings. The molecule has 18 heteroatoms. The molecule has 3 heterocycles. The minimum absolute atomic E-state index is 0.138. The number of esters is 1. The summed E-state index contributed by atoms with van der Waals surface area (Å²) in [4.78, 5) is 25.1.